The van der Waals surface area contributed by atoms with E-state index in [0.29, 0.717) is 0 Å². The van der Waals surface area contributed by atoms with Crippen LogP contribution in [0.15, 0.2) is 0 Å². The van der Waals surface area contributed by atoms with Gasteiger partial charge in [0.15, 0.2) is 0 Å². The van der Waals surface area contributed by atoms with Crippen LogP contribution in [0.5, 0.6) is 0 Å². The number of aliphatic carboxylic acids is 1. The topological polar surface area (TPSA) is 186 Å². The molecule has 1 aliphatic rings. The highest BCUT2D eigenvalue weighted by molar-refractivity contribution is 5.77. The molecule has 11 heteroatoms. The summed E-state index contributed by atoms with van der Waals surface area (Å²) >= 11 is 0. The quantitative estimate of drug-likeness (QED) is 0.250. The Hall–Kier alpha value is -1.34. The highest BCUT2D eigenvalue weighted by Crippen LogP contribution is 2.33. The van der Waals surface area contributed by atoms with E-state index in [9.17, 15) is 35.1 Å². The van der Waals surface area contributed by atoms with Crippen LogP contribution in [-0.4, -0.2) is 98.6 Å². The van der Waals surface area contributed by atoms with Crippen LogP contribution in [0.4, 0.5) is 0 Å². The van der Waals surface area contributed by atoms with Gasteiger partial charge in [-0.05, 0) is 0 Å². The number of hydrogen-bond acceptors (Lipinski definition) is 9. The summed E-state index contributed by atoms with van der Waals surface area (Å²) in [5.74, 6) is -5.18. The molecule has 0 aromatic carbocycles. The number of rotatable bonds is 6. The second-order valence-corrected chi connectivity index (χ2v) is 5.16. The minimum absolute atomic E-state index is 0.666. The Labute approximate surface area is 131 Å². The minimum Gasteiger partial charge on any atom is -0.477 e. The molecule has 0 aromatic heterocycles. The largest absolute Gasteiger partial charge is 0.477 e. The molecule has 11 nitrogen and oxygen atoms in total. The van der Waals surface area contributed by atoms with Gasteiger partial charge in [-0.2, -0.15) is 0 Å². The Morgan fingerprint density at radius 3 is 2.30 bits per heavy atom. The molecule has 0 bridgehead atoms. The summed E-state index contributed by atoms with van der Waals surface area (Å²) in [5, 5.41) is 60.0. The average Bonchev–Trinajstić information content (AvgIpc) is 2.50. The smallest absolute Gasteiger partial charge is 0.367 e. The number of methoxy groups -OCH3 is 1. The van der Waals surface area contributed by atoms with Crippen molar-refractivity contribution in [2.24, 2.45) is 0 Å². The van der Waals surface area contributed by atoms with Gasteiger partial charge in [-0.25, -0.2) is 4.79 Å². The molecule has 0 unspecified atom stereocenters. The molecular weight excluding hydrogens is 318 g/mol. The van der Waals surface area contributed by atoms with E-state index in [1.165, 1.54) is 0 Å². The Morgan fingerprint density at radius 2 is 1.91 bits per heavy atom. The molecule has 1 saturated heterocycles. The van der Waals surface area contributed by atoms with E-state index in [0.717, 1.165) is 14.0 Å². The molecule has 1 rings (SSSR count). The molecule has 0 radical (unpaired) electrons. The molecule has 1 heterocycles. The van der Waals surface area contributed by atoms with Crippen LogP contribution < -0.4 is 5.32 Å². The number of aliphatic hydroxyl groups excluding tert-OH is 5. The van der Waals surface area contributed by atoms with Gasteiger partial charge >= 0.3 is 5.97 Å². The van der Waals surface area contributed by atoms with Crippen LogP contribution in [0.2, 0.25) is 0 Å². The van der Waals surface area contributed by atoms with Crippen molar-refractivity contribution in [3.8, 4) is 0 Å². The maximum absolute atomic E-state index is 11.4. The molecule has 1 fully saturated rings. The maximum Gasteiger partial charge on any atom is 0.367 e. The van der Waals surface area contributed by atoms with E-state index in [-0.39, 0.29) is 0 Å². The molecule has 134 valence electrons. The van der Waals surface area contributed by atoms with Crippen molar-refractivity contribution in [3.05, 3.63) is 0 Å². The normalized spacial score (nSPS) is 37.0. The molecule has 0 saturated carbocycles. The van der Waals surface area contributed by atoms with Crippen LogP contribution in [0.1, 0.15) is 6.92 Å². The number of nitrogens with one attached hydrogen (secondary N) is 1. The fourth-order valence-electron chi connectivity index (χ4n) is 2.41. The Morgan fingerprint density at radius 1 is 1.35 bits per heavy atom. The van der Waals surface area contributed by atoms with Crippen LogP contribution in [0, 0.1) is 0 Å². The lowest BCUT2D eigenvalue weighted by Crippen LogP contribution is -2.74. The van der Waals surface area contributed by atoms with E-state index >= 15 is 0 Å². The number of ether oxygens (including phenoxy) is 2. The number of aliphatic hydroxyl groups is 5. The molecule has 7 N–H and O–H groups in total. The van der Waals surface area contributed by atoms with E-state index < -0.39 is 60.8 Å². The molecule has 1 aliphatic heterocycles. The Bertz CT molecular complexity index is 446. The predicted octanol–water partition coefficient (Wildman–Crippen LogP) is -4.25. The maximum atomic E-state index is 11.4. The summed E-state index contributed by atoms with van der Waals surface area (Å²) in [5.41, 5.74) is 0. The van der Waals surface area contributed by atoms with Gasteiger partial charge in [0.2, 0.25) is 5.91 Å². The first-order valence-electron chi connectivity index (χ1n) is 6.69. The third kappa shape index (κ3) is 3.61. The average molecular weight is 339 g/mol. The zero-order chi connectivity index (χ0) is 17.9. The first-order valence-corrected chi connectivity index (χ1v) is 6.69. The SMILES string of the molecule is CO[C@]1(C(=O)O)O[C@@H]([C@H](O)[C@H](O)CO)[C@H](NC(C)=O)[C@@H](O)[C@@H]1O. The summed E-state index contributed by atoms with van der Waals surface area (Å²) in [7, 11) is 0.898. The third-order valence-corrected chi connectivity index (χ3v) is 3.64. The van der Waals surface area contributed by atoms with E-state index in [1.54, 1.807) is 0 Å². The summed E-state index contributed by atoms with van der Waals surface area (Å²) in [6.45, 7) is 0.194. The van der Waals surface area contributed by atoms with Gasteiger partial charge in [0.25, 0.3) is 5.79 Å². The number of carboxylic acid groups (broad SMARTS) is 1. The summed E-state index contributed by atoms with van der Waals surface area (Å²) < 4.78 is 9.77. The lowest BCUT2D eigenvalue weighted by molar-refractivity contribution is -0.340. The van der Waals surface area contributed by atoms with Crippen molar-refractivity contribution >= 4 is 11.9 Å². The van der Waals surface area contributed by atoms with Crippen LogP contribution >= 0.6 is 0 Å². The van der Waals surface area contributed by atoms with Crippen molar-refractivity contribution in [3.63, 3.8) is 0 Å². The Balaban J connectivity index is 3.27. The van der Waals surface area contributed by atoms with Gasteiger partial charge in [0.05, 0.1) is 12.6 Å². The molecule has 0 aliphatic carbocycles. The summed E-state index contributed by atoms with van der Waals surface area (Å²) in [4.78, 5) is 22.6. The van der Waals surface area contributed by atoms with Gasteiger partial charge in [-0.15, -0.1) is 0 Å². The van der Waals surface area contributed by atoms with Gasteiger partial charge in [0.1, 0.15) is 30.5 Å². The zero-order valence-corrected chi connectivity index (χ0v) is 12.5. The zero-order valence-electron chi connectivity index (χ0n) is 12.5. The first kappa shape index (κ1) is 19.7. The van der Waals surface area contributed by atoms with Gasteiger partial charge in [-0.3, -0.25) is 4.79 Å². The van der Waals surface area contributed by atoms with E-state index in [4.69, 9.17) is 9.84 Å². The molecular formula is C12H21NO10. The predicted molar refractivity (Wildman–Crippen MR) is 71.0 cm³/mol. The standard InChI is InChI=1S/C12H21NO10/c1-4(15)13-6-8(18)10(19)12(22-2,11(20)21)23-9(6)7(17)5(16)3-14/h5-10,14,16-19H,3H2,1-2H3,(H,13,15)(H,20,21)/t5-,6-,7-,8-,9-,10+,12+/m1/s1. The third-order valence-electron chi connectivity index (χ3n) is 3.64. The second kappa shape index (κ2) is 7.49. The van der Waals surface area contributed by atoms with Gasteiger partial charge in [-0.1, -0.05) is 0 Å². The molecule has 1 amide bonds. The second-order valence-electron chi connectivity index (χ2n) is 5.16. The van der Waals surface area contributed by atoms with Crippen LogP contribution in [-0.2, 0) is 19.1 Å². The van der Waals surface area contributed by atoms with Crippen molar-refractivity contribution < 1.29 is 49.7 Å². The van der Waals surface area contributed by atoms with E-state index in [2.05, 4.69) is 10.1 Å². The Kier molecular flexibility index (Phi) is 6.41. The van der Waals surface area contributed by atoms with Crippen molar-refractivity contribution in [1.82, 2.24) is 5.32 Å². The number of carboxylic acids is 1. The van der Waals surface area contributed by atoms with Crippen molar-refractivity contribution in [2.45, 2.75) is 49.3 Å². The monoisotopic (exact) mass is 339 g/mol. The molecule has 23 heavy (non-hydrogen) atoms. The van der Waals surface area contributed by atoms with Gasteiger partial charge < -0.3 is 45.4 Å². The fraction of sp³-hybridized carbons (Fsp3) is 0.833. The lowest BCUT2D eigenvalue weighted by Gasteiger charge is -2.48. The first-order chi connectivity index (χ1) is 10.6. The number of carbonyl (C=O) groups excluding carboxylic acids is 1. The van der Waals surface area contributed by atoms with Crippen molar-refractivity contribution in [1.29, 1.82) is 0 Å². The summed E-state index contributed by atoms with van der Waals surface area (Å²) in [6.07, 6.45) is -9.31. The minimum atomic E-state index is -2.73. The van der Waals surface area contributed by atoms with Crippen LogP contribution in [0.25, 0.3) is 0 Å². The highest BCUT2D eigenvalue weighted by Gasteiger charge is 2.61. The van der Waals surface area contributed by atoms with E-state index in [1.807, 2.05) is 0 Å². The fourth-order valence-corrected chi connectivity index (χ4v) is 2.41. The number of hydrogen-bond donors (Lipinski definition) is 7. The molecule has 0 spiro atoms. The molecule has 7 atom stereocenters. The number of carbonyl (C=O) groups is 2. The summed E-state index contributed by atoms with van der Waals surface area (Å²) in [6, 6.07) is -1.46. The number of amides is 1. The molecule has 0 aromatic rings. The lowest BCUT2D eigenvalue weighted by atomic mass is 9.86. The highest BCUT2D eigenvalue weighted by atomic mass is 16.7. The van der Waals surface area contributed by atoms with Gasteiger partial charge in [0, 0.05) is 14.0 Å². The van der Waals surface area contributed by atoms with Crippen molar-refractivity contribution in [2.75, 3.05) is 13.7 Å². The van der Waals surface area contributed by atoms with Crippen LogP contribution in [0.3, 0.4) is 0 Å².